The number of nitrogens with one attached hydrogen (secondary N) is 1. The summed E-state index contributed by atoms with van der Waals surface area (Å²) in [6, 6.07) is 14.5. The average Bonchev–Trinajstić information content (AvgIpc) is 3.09. The number of nitrogens with zero attached hydrogens (tertiary/aromatic N) is 1. The van der Waals surface area contributed by atoms with Gasteiger partial charge in [0, 0.05) is 17.0 Å². The lowest BCUT2D eigenvalue weighted by molar-refractivity contribution is -0.119. The summed E-state index contributed by atoms with van der Waals surface area (Å²) in [5, 5.41) is 2.98. The Hall–Kier alpha value is -2.27. The Bertz CT molecular complexity index is 761. The highest BCUT2D eigenvalue weighted by Gasteiger charge is 2.35. The minimum absolute atomic E-state index is 0.0956. The number of anilines is 1. The zero-order valence-electron chi connectivity index (χ0n) is 13.8. The molecule has 1 unspecified atom stereocenters. The van der Waals surface area contributed by atoms with Crippen molar-refractivity contribution in [3.05, 3.63) is 65.2 Å². The van der Waals surface area contributed by atoms with E-state index in [0.717, 1.165) is 16.8 Å². The molecule has 0 spiro atoms. The molecule has 24 heavy (non-hydrogen) atoms. The van der Waals surface area contributed by atoms with Crippen LogP contribution < -0.4 is 5.32 Å². The molecule has 1 aliphatic rings. The molecule has 1 fully saturated rings. The standard InChI is InChI=1S/C19H20N2O2S/c1-13-7-6-10-16(14(13)2)20-18(22)17-11-24-12-21(17)19(23)15-8-4-3-5-9-15/h3-10,17H,11-12H2,1-2H3,(H,20,22). The van der Waals surface area contributed by atoms with E-state index in [4.69, 9.17) is 0 Å². The lowest BCUT2D eigenvalue weighted by Crippen LogP contribution is -2.44. The Morgan fingerprint density at radius 3 is 2.58 bits per heavy atom. The first-order valence-electron chi connectivity index (χ1n) is 7.89. The van der Waals surface area contributed by atoms with Crippen molar-refractivity contribution in [1.29, 1.82) is 0 Å². The fraction of sp³-hybridized carbons (Fsp3) is 0.263. The molecule has 1 heterocycles. The van der Waals surface area contributed by atoms with Gasteiger partial charge in [-0.05, 0) is 43.2 Å². The second-order valence-corrected chi connectivity index (χ2v) is 6.89. The number of aryl methyl sites for hydroxylation is 1. The molecule has 0 aromatic heterocycles. The minimum Gasteiger partial charge on any atom is -0.324 e. The smallest absolute Gasteiger partial charge is 0.255 e. The van der Waals surface area contributed by atoms with E-state index >= 15 is 0 Å². The second kappa shape index (κ2) is 7.09. The fourth-order valence-corrected chi connectivity index (χ4v) is 3.86. The van der Waals surface area contributed by atoms with Crippen molar-refractivity contribution in [2.75, 3.05) is 16.9 Å². The van der Waals surface area contributed by atoms with Crippen molar-refractivity contribution >= 4 is 29.3 Å². The van der Waals surface area contributed by atoms with Crippen molar-refractivity contribution in [2.24, 2.45) is 0 Å². The van der Waals surface area contributed by atoms with Crippen LogP contribution in [0.15, 0.2) is 48.5 Å². The third kappa shape index (κ3) is 3.31. The van der Waals surface area contributed by atoms with Gasteiger partial charge in [-0.2, -0.15) is 0 Å². The Balaban J connectivity index is 1.76. The van der Waals surface area contributed by atoms with E-state index < -0.39 is 6.04 Å². The van der Waals surface area contributed by atoms with Crippen LogP contribution in [0.4, 0.5) is 5.69 Å². The summed E-state index contributed by atoms with van der Waals surface area (Å²) in [6.45, 7) is 4.00. The van der Waals surface area contributed by atoms with Crippen molar-refractivity contribution in [3.8, 4) is 0 Å². The highest BCUT2D eigenvalue weighted by atomic mass is 32.2. The van der Waals surface area contributed by atoms with Gasteiger partial charge in [0.25, 0.3) is 5.91 Å². The summed E-state index contributed by atoms with van der Waals surface area (Å²) in [4.78, 5) is 27.0. The molecular formula is C19H20N2O2S. The van der Waals surface area contributed by atoms with Crippen LogP contribution in [0.5, 0.6) is 0 Å². The molecule has 3 rings (SSSR count). The van der Waals surface area contributed by atoms with Gasteiger partial charge in [-0.3, -0.25) is 9.59 Å². The topological polar surface area (TPSA) is 49.4 Å². The van der Waals surface area contributed by atoms with Gasteiger partial charge in [0.05, 0.1) is 5.88 Å². The fourth-order valence-electron chi connectivity index (χ4n) is 2.71. The minimum atomic E-state index is -0.442. The van der Waals surface area contributed by atoms with Crippen molar-refractivity contribution in [3.63, 3.8) is 0 Å². The second-order valence-electron chi connectivity index (χ2n) is 5.89. The molecule has 0 bridgehead atoms. The summed E-state index contributed by atoms with van der Waals surface area (Å²) in [6.07, 6.45) is 0. The summed E-state index contributed by atoms with van der Waals surface area (Å²) >= 11 is 1.60. The summed E-state index contributed by atoms with van der Waals surface area (Å²) in [7, 11) is 0. The number of carbonyl (C=O) groups is 2. The quantitative estimate of drug-likeness (QED) is 0.931. The monoisotopic (exact) mass is 340 g/mol. The van der Waals surface area contributed by atoms with Gasteiger partial charge in [0.2, 0.25) is 5.91 Å². The molecule has 1 atom stereocenters. The number of hydrogen-bond acceptors (Lipinski definition) is 3. The van der Waals surface area contributed by atoms with Crippen molar-refractivity contribution < 1.29 is 9.59 Å². The first-order chi connectivity index (χ1) is 11.6. The van der Waals surface area contributed by atoms with Crippen LogP contribution in [0.25, 0.3) is 0 Å². The Morgan fingerprint density at radius 1 is 1.08 bits per heavy atom. The Morgan fingerprint density at radius 2 is 1.83 bits per heavy atom. The van der Waals surface area contributed by atoms with E-state index in [0.29, 0.717) is 17.2 Å². The van der Waals surface area contributed by atoms with Crippen LogP contribution in [0.3, 0.4) is 0 Å². The average molecular weight is 340 g/mol. The van der Waals surface area contributed by atoms with E-state index in [9.17, 15) is 9.59 Å². The van der Waals surface area contributed by atoms with Crippen LogP contribution in [0.1, 0.15) is 21.5 Å². The van der Waals surface area contributed by atoms with Crippen LogP contribution in [0.2, 0.25) is 0 Å². The highest BCUT2D eigenvalue weighted by Crippen LogP contribution is 2.25. The van der Waals surface area contributed by atoms with Gasteiger partial charge in [0.15, 0.2) is 0 Å². The van der Waals surface area contributed by atoms with Crippen LogP contribution in [-0.4, -0.2) is 34.4 Å². The molecule has 0 aliphatic carbocycles. The van der Waals surface area contributed by atoms with Crippen LogP contribution in [0, 0.1) is 13.8 Å². The van der Waals surface area contributed by atoms with Crippen LogP contribution >= 0.6 is 11.8 Å². The van der Waals surface area contributed by atoms with E-state index in [-0.39, 0.29) is 11.8 Å². The number of thioether (sulfide) groups is 1. The molecule has 4 nitrogen and oxygen atoms in total. The molecule has 5 heteroatoms. The lowest BCUT2D eigenvalue weighted by Gasteiger charge is -2.23. The number of benzene rings is 2. The lowest BCUT2D eigenvalue weighted by atomic mass is 10.1. The van der Waals surface area contributed by atoms with Gasteiger partial charge < -0.3 is 10.2 Å². The summed E-state index contributed by atoms with van der Waals surface area (Å²) in [5.74, 6) is 0.938. The zero-order chi connectivity index (χ0) is 17.1. The molecule has 1 N–H and O–H groups in total. The molecule has 0 radical (unpaired) electrons. The van der Waals surface area contributed by atoms with Crippen LogP contribution in [-0.2, 0) is 4.79 Å². The van der Waals surface area contributed by atoms with Gasteiger partial charge in [-0.15, -0.1) is 11.8 Å². The van der Waals surface area contributed by atoms with E-state index in [1.807, 2.05) is 50.2 Å². The maximum atomic E-state index is 12.7. The summed E-state index contributed by atoms with van der Waals surface area (Å²) < 4.78 is 0. The maximum Gasteiger partial charge on any atom is 0.255 e. The predicted molar refractivity (Wildman–Crippen MR) is 98.3 cm³/mol. The third-order valence-electron chi connectivity index (χ3n) is 4.33. The molecular weight excluding hydrogens is 320 g/mol. The molecule has 0 saturated carbocycles. The van der Waals surface area contributed by atoms with Crippen molar-refractivity contribution in [1.82, 2.24) is 4.90 Å². The van der Waals surface area contributed by atoms with Crippen molar-refractivity contribution in [2.45, 2.75) is 19.9 Å². The van der Waals surface area contributed by atoms with Gasteiger partial charge in [-0.25, -0.2) is 0 Å². The Kier molecular flexibility index (Phi) is 4.90. The number of hydrogen-bond donors (Lipinski definition) is 1. The largest absolute Gasteiger partial charge is 0.324 e. The van der Waals surface area contributed by atoms with E-state index in [1.54, 1.807) is 28.8 Å². The molecule has 2 amide bonds. The van der Waals surface area contributed by atoms with E-state index in [1.165, 1.54) is 0 Å². The first-order valence-corrected chi connectivity index (χ1v) is 9.04. The van der Waals surface area contributed by atoms with Gasteiger partial charge in [0.1, 0.15) is 6.04 Å². The normalized spacial score (nSPS) is 16.9. The molecule has 1 saturated heterocycles. The number of carbonyl (C=O) groups excluding carboxylic acids is 2. The highest BCUT2D eigenvalue weighted by molar-refractivity contribution is 7.99. The number of rotatable bonds is 3. The predicted octanol–water partition coefficient (Wildman–Crippen LogP) is 3.46. The molecule has 124 valence electrons. The van der Waals surface area contributed by atoms with Gasteiger partial charge in [-0.1, -0.05) is 30.3 Å². The van der Waals surface area contributed by atoms with Gasteiger partial charge >= 0.3 is 0 Å². The Labute approximate surface area is 146 Å². The first kappa shape index (κ1) is 16.6. The molecule has 1 aliphatic heterocycles. The number of amides is 2. The maximum absolute atomic E-state index is 12.7. The SMILES string of the molecule is Cc1cccc(NC(=O)C2CSCN2C(=O)c2ccccc2)c1C. The summed E-state index contributed by atoms with van der Waals surface area (Å²) in [5.41, 5.74) is 3.61. The molecule has 2 aromatic carbocycles. The zero-order valence-corrected chi connectivity index (χ0v) is 14.6. The molecule has 2 aromatic rings. The van der Waals surface area contributed by atoms with E-state index in [2.05, 4.69) is 5.32 Å². The third-order valence-corrected chi connectivity index (χ3v) is 5.34.